The van der Waals surface area contributed by atoms with Crippen molar-refractivity contribution in [3.8, 4) is 0 Å². The number of nitro benzene ring substituents is 1. The highest BCUT2D eigenvalue weighted by molar-refractivity contribution is 9.10. The van der Waals surface area contributed by atoms with Crippen molar-refractivity contribution in [1.29, 1.82) is 0 Å². The van der Waals surface area contributed by atoms with Crippen molar-refractivity contribution in [3.63, 3.8) is 0 Å². The fourth-order valence-corrected chi connectivity index (χ4v) is 1.78. The lowest BCUT2D eigenvalue weighted by Gasteiger charge is -2.05. The van der Waals surface area contributed by atoms with Crippen molar-refractivity contribution < 1.29 is 13.7 Å². The summed E-state index contributed by atoms with van der Waals surface area (Å²) in [5.41, 5.74) is -0.0672. The van der Waals surface area contributed by atoms with Crippen molar-refractivity contribution in [1.82, 2.24) is 0 Å². The van der Waals surface area contributed by atoms with E-state index in [4.69, 9.17) is 4.42 Å². The van der Waals surface area contributed by atoms with Crippen LogP contribution in [0.1, 0.15) is 5.76 Å². The summed E-state index contributed by atoms with van der Waals surface area (Å²) >= 11 is 3.26. The zero-order chi connectivity index (χ0) is 13.1. The highest BCUT2D eigenvalue weighted by Crippen LogP contribution is 2.26. The molecular weight excluding hydrogens is 307 g/mol. The van der Waals surface area contributed by atoms with Gasteiger partial charge in [0.15, 0.2) is 0 Å². The number of nitro groups is 1. The van der Waals surface area contributed by atoms with E-state index in [1.807, 2.05) is 0 Å². The van der Waals surface area contributed by atoms with Gasteiger partial charge in [0, 0.05) is 12.1 Å². The molecule has 2 aromatic rings. The van der Waals surface area contributed by atoms with E-state index in [-0.39, 0.29) is 17.9 Å². The molecule has 0 saturated heterocycles. The Balaban J connectivity index is 2.20. The highest BCUT2D eigenvalue weighted by atomic mass is 79.9. The van der Waals surface area contributed by atoms with Crippen LogP contribution in [-0.4, -0.2) is 4.92 Å². The number of furan rings is 1. The lowest BCUT2D eigenvalue weighted by molar-refractivity contribution is -0.384. The Kier molecular flexibility index (Phi) is 3.61. The van der Waals surface area contributed by atoms with E-state index in [0.717, 1.165) is 22.7 Å². The molecule has 0 spiro atoms. The molecule has 0 atom stereocenters. The molecule has 0 fully saturated rings. The molecule has 1 aromatic carbocycles. The van der Waals surface area contributed by atoms with Crippen molar-refractivity contribution in [3.05, 3.63) is 56.7 Å². The smallest absolute Gasteiger partial charge is 0.292 e. The summed E-state index contributed by atoms with van der Waals surface area (Å²) in [5, 5.41) is 13.5. The third kappa shape index (κ3) is 2.67. The van der Waals surface area contributed by atoms with Crippen molar-refractivity contribution in [2.24, 2.45) is 0 Å². The predicted octanol–water partition coefficient (Wildman–Crippen LogP) is 3.70. The standard InChI is InChI=1S/C11H8BrFN2O3/c12-8-3-4-18-11(8)6-14-9-5-7(13)1-2-10(9)15(16)17/h1-5,14H,6H2. The number of rotatable bonds is 4. The van der Waals surface area contributed by atoms with Gasteiger partial charge in [0.05, 0.1) is 22.2 Å². The van der Waals surface area contributed by atoms with E-state index in [9.17, 15) is 14.5 Å². The van der Waals surface area contributed by atoms with Crippen LogP contribution in [0.25, 0.3) is 0 Å². The molecule has 5 nitrogen and oxygen atoms in total. The van der Waals surface area contributed by atoms with Crippen LogP contribution in [0.3, 0.4) is 0 Å². The third-order valence-corrected chi connectivity index (χ3v) is 2.99. The minimum absolute atomic E-state index is 0.114. The summed E-state index contributed by atoms with van der Waals surface area (Å²) in [6.07, 6.45) is 1.49. The zero-order valence-corrected chi connectivity index (χ0v) is 10.6. The monoisotopic (exact) mass is 314 g/mol. The van der Waals surface area contributed by atoms with Crippen LogP contribution < -0.4 is 5.32 Å². The summed E-state index contributed by atoms with van der Waals surface area (Å²) in [5.74, 6) is 0.0372. The number of benzene rings is 1. The molecule has 7 heteroatoms. The molecule has 0 radical (unpaired) electrons. The maximum absolute atomic E-state index is 13.1. The van der Waals surface area contributed by atoms with Crippen LogP contribution in [-0.2, 0) is 6.54 Å². The number of halogens is 2. The van der Waals surface area contributed by atoms with E-state index in [0.29, 0.717) is 5.76 Å². The molecule has 1 aromatic heterocycles. The van der Waals surface area contributed by atoms with Gasteiger partial charge in [-0.2, -0.15) is 0 Å². The topological polar surface area (TPSA) is 68.3 Å². The zero-order valence-electron chi connectivity index (χ0n) is 9.02. The molecule has 0 aliphatic rings. The molecule has 1 N–H and O–H groups in total. The van der Waals surface area contributed by atoms with Gasteiger partial charge < -0.3 is 9.73 Å². The molecule has 0 bridgehead atoms. The van der Waals surface area contributed by atoms with Crippen LogP contribution in [0, 0.1) is 15.9 Å². The number of hydrogen-bond donors (Lipinski definition) is 1. The maximum Gasteiger partial charge on any atom is 0.292 e. The molecule has 0 saturated carbocycles. The second kappa shape index (κ2) is 5.18. The Morgan fingerprint density at radius 1 is 1.44 bits per heavy atom. The predicted molar refractivity (Wildman–Crippen MR) is 66.8 cm³/mol. The first-order valence-electron chi connectivity index (χ1n) is 4.97. The number of nitrogens with zero attached hydrogens (tertiary/aromatic N) is 1. The van der Waals surface area contributed by atoms with Gasteiger partial charge in [0.25, 0.3) is 5.69 Å². The summed E-state index contributed by atoms with van der Waals surface area (Å²) in [6.45, 7) is 0.220. The minimum Gasteiger partial charge on any atom is -0.466 e. The van der Waals surface area contributed by atoms with E-state index >= 15 is 0 Å². The largest absolute Gasteiger partial charge is 0.466 e. The minimum atomic E-state index is -0.570. The van der Waals surface area contributed by atoms with Gasteiger partial charge in [-0.3, -0.25) is 10.1 Å². The van der Waals surface area contributed by atoms with Gasteiger partial charge in [-0.05, 0) is 28.1 Å². The summed E-state index contributed by atoms with van der Waals surface area (Å²) in [6, 6.07) is 4.95. The van der Waals surface area contributed by atoms with Crippen LogP contribution in [0.2, 0.25) is 0 Å². The van der Waals surface area contributed by atoms with Crippen molar-refractivity contribution in [2.45, 2.75) is 6.54 Å². The molecular formula is C11H8BrFN2O3. The summed E-state index contributed by atoms with van der Waals surface area (Å²) in [4.78, 5) is 10.2. The van der Waals surface area contributed by atoms with Gasteiger partial charge in [-0.25, -0.2) is 4.39 Å². The molecule has 0 unspecified atom stereocenters. The normalized spacial score (nSPS) is 10.3. The third-order valence-electron chi connectivity index (χ3n) is 2.29. The van der Waals surface area contributed by atoms with Crippen LogP contribution in [0.5, 0.6) is 0 Å². The molecule has 1 heterocycles. The van der Waals surface area contributed by atoms with Crippen molar-refractivity contribution in [2.75, 3.05) is 5.32 Å². The Hall–Kier alpha value is -1.89. The SMILES string of the molecule is O=[N+]([O-])c1ccc(F)cc1NCc1occc1Br. The van der Waals surface area contributed by atoms with E-state index in [1.165, 1.54) is 6.26 Å². The number of nitrogens with one attached hydrogen (secondary N) is 1. The Labute approximate surface area is 110 Å². The number of anilines is 1. The molecule has 0 aliphatic heterocycles. The summed E-state index contributed by atoms with van der Waals surface area (Å²) < 4.78 is 18.9. The van der Waals surface area contributed by atoms with Crippen LogP contribution >= 0.6 is 15.9 Å². The van der Waals surface area contributed by atoms with Crippen molar-refractivity contribution >= 4 is 27.3 Å². The fourth-order valence-electron chi connectivity index (χ4n) is 1.44. The fraction of sp³-hybridized carbons (Fsp3) is 0.0909. The molecule has 0 amide bonds. The van der Waals surface area contributed by atoms with E-state index in [2.05, 4.69) is 21.2 Å². The quantitative estimate of drug-likeness (QED) is 0.690. The first-order valence-corrected chi connectivity index (χ1v) is 5.77. The second-order valence-corrected chi connectivity index (χ2v) is 4.32. The first kappa shape index (κ1) is 12.6. The number of hydrogen-bond acceptors (Lipinski definition) is 4. The van der Waals surface area contributed by atoms with Crippen LogP contribution in [0.4, 0.5) is 15.8 Å². The lowest BCUT2D eigenvalue weighted by Crippen LogP contribution is -2.02. The Morgan fingerprint density at radius 3 is 2.83 bits per heavy atom. The Morgan fingerprint density at radius 2 is 2.22 bits per heavy atom. The van der Waals surface area contributed by atoms with Gasteiger partial charge in [-0.15, -0.1) is 0 Å². The summed E-state index contributed by atoms with van der Waals surface area (Å²) in [7, 11) is 0. The molecule has 0 aliphatic carbocycles. The van der Waals surface area contributed by atoms with Crippen LogP contribution in [0.15, 0.2) is 39.4 Å². The second-order valence-electron chi connectivity index (χ2n) is 3.46. The van der Waals surface area contributed by atoms with Gasteiger partial charge in [0.2, 0.25) is 0 Å². The Bertz CT molecular complexity index is 585. The lowest BCUT2D eigenvalue weighted by atomic mass is 10.2. The van der Waals surface area contributed by atoms with Gasteiger partial charge in [-0.1, -0.05) is 0 Å². The van der Waals surface area contributed by atoms with Gasteiger partial charge in [0.1, 0.15) is 17.3 Å². The molecule has 94 valence electrons. The molecule has 18 heavy (non-hydrogen) atoms. The molecule has 2 rings (SSSR count). The average molecular weight is 315 g/mol. The highest BCUT2D eigenvalue weighted by Gasteiger charge is 2.15. The van der Waals surface area contributed by atoms with E-state index < -0.39 is 10.7 Å². The first-order chi connectivity index (χ1) is 8.58. The van der Waals surface area contributed by atoms with Gasteiger partial charge >= 0.3 is 0 Å². The van der Waals surface area contributed by atoms with E-state index in [1.54, 1.807) is 6.07 Å². The maximum atomic E-state index is 13.1. The average Bonchev–Trinajstić information content (AvgIpc) is 2.72.